The van der Waals surface area contributed by atoms with E-state index in [1.165, 1.54) is 12.8 Å². The molecule has 12 heavy (non-hydrogen) atoms. The van der Waals surface area contributed by atoms with Crippen molar-refractivity contribution in [3.8, 4) is 0 Å². The maximum atomic E-state index is 9.82. The fraction of sp³-hybridized carbons (Fsp3) is 0.667. The molecule has 74 valence electrons. The first-order valence-electron chi connectivity index (χ1n) is 4.00. The Hall–Kier alpha value is -0.670. The predicted molar refractivity (Wildman–Crippen MR) is 53.3 cm³/mol. The summed E-state index contributed by atoms with van der Waals surface area (Å²) in [5.74, 6) is 0. The van der Waals surface area contributed by atoms with Gasteiger partial charge in [0.1, 0.15) is 6.29 Å². The van der Waals surface area contributed by atoms with Crippen molar-refractivity contribution in [1.82, 2.24) is 5.32 Å². The Morgan fingerprint density at radius 2 is 1.83 bits per heavy atom. The molecule has 3 N–H and O–H groups in total. The van der Waals surface area contributed by atoms with Crippen molar-refractivity contribution >= 4 is 6.29 Å². The molecule has 0 atom stereocenters. The quantitative estimate of drug-likeness (QED) is 0.371. The van der Waals surface area contributed by atoms with Crippen LogP contribution in [0.3, 0.4) is 0 Å². The van der Waals surface area contributed by atoms with Gasteiger partial charge in [-0.25, -0.2) is 0 Å². The molecule has 3 heteroatoms. The Morgan fingerprint density at radius 1 is 1.25 bits per heavy atom. The molecule has 0 fully saturated rings. The molecule has 0 rings (SSSR count). The minimum atomic E-state index is 0. The summed E-state index contributed by atoms with van der Waals surface area (Å²) in [5, 5.41) is 3.06. The van der Waals surface area contributed by atoms with Crippen LogP contribution >= 0.6 is 0 Å². The van der Waals surface area contributed by atoms with Gasteiger partial charge in [-0.3, -0.25) is 0 Å². The van der Waals surface area contributed by atoms with Gasteiger partial charge in [0.05, 0.1) is 0 Å². The lowest BCUT2D eigenvalue weighted by atomic mass is 10.2. The van der Waals surface area contributed by atoms with Gasteiger partial charge in [0.2, 0.25) is 0 Å². The lowest BCUT2D eigenvalue weighted by Gasteiger charge is -1.95. The highest BCUT2D eigenvalue weighted by Crippen LogP contribution is 1.95. The normalized spacial score (nSPS) is 7.42. The first-order valence-corrected chi connectivity index (χ1v) is 4.00. The van der Waals surface area contributed by atoms with Gasteiger partial charge in [0.25, 0.3) is 0 Å². The van der Waals surface area contributed by atoms with Gasteiger partial charge in [-0.2, -0.15) is 0 Å². The van der Waals surface area contributed by atoms with Crippen molar-refractivity contribution in [1.29, 1.82) is 0 Å². The minimum Gasteiger partial charge on any atom is -0.412 e. The van der Waals surface area contributed by atoms with E-state index < -0.39 is 0 Å². The molecule has 0 aliphatic rings. The third kappa shape index (κ3) is 22.8. The minimum absolute atomic E-state index is 0. The van der Waals surface area contributed by atoms with E-state index in [9.17, 15) is 4.79 Å². The maximum Gasteiger partial charge on any atom is 0.119 e. The van der Waals surface area contributed by atoms with Crippen molar-refractivity contribution in [2.75, 3.05) is 13.6 Å². The maximum absolute atomic E-state index is 9.82. The molecule has 3 nitrogen and oxygen atoms in total. The van der Waals surface area contributed by atoms with E-state index >= 15 is 0 Å². The van der Waals surface area contributed by atoms with Crippen LogP contribution in [0.15, 0.2) is 13.2 Å². The highest BCUT2D eigenvalue weighted by Gasteiger charge is 1.85. The fourth-order valence-electron chi connectivity index (χ4n) is 0.706. The molecule has 0 aliphatic heterocycles. The van der Waals surface area contributed by atoms with Crippen molar-refractivity contribution in [3.63, 3.8) is 0 Å². The zero-order valence-corrected chi connectivity index (χ0v) is 7.94. The largest absolute Gasteiger partial charge is 0.412 e. The second-order valence-corrected chi connectivity index (χ2v) is 2.12. The number of carbonyl (C=O) groups excluding carboxylic acids is 1. The lowest BCUT2D eigenvalue weighted by Crippen LogP contribution is -2.06. The molecule has 0 aromatic rings. The number of hydrogen-bond acceptors (Lipinski definition) is 2. The topological polar surface area (TPSA) is 60.6 Å². The summed E-state index contributed by atoms with van der Waals surface area (Å²) in [6, 6.07) is 0. The Balaban J connectivity index is -0.000000249. The smallest absolute Gasteiger partial charge is 0.119 e. The average molecular weight is 175 g/mol. The summed E-state index contributed by atoms with van der Waals surface area (Å²) in [5.41, 5.74) is 0. The predicted octanol–water partition coefficient (Wildman–Crippen LogP) is 0.943. The Labute approximate surface area is 75.2 Å². The summed E-state index contributed by atoms with van der Waals surface area (Å²) >= 11 is 0. The molecule has 0 amide bonds. The highest BCUT2D eigenvalue weighted by molar-refractivity contribution is 5.48. The first kappa shape index (κ1) is 17.4. The standard InChI is InChI=1S/C7H15NO.C2H4.H2O/c1-8-6-4-2-3-5-7-9;1-2;/h7-8H,2-6H2,1H3;1-2H2;1H2. The lowest BCUT2D eigenvalue weighted by molar-refractivity contribution is -0.107. The Morgan fingerprint density at radius 3 is 2.25 bits per heavy atom. The molecule has 0 saturated heterocycles. The van der Waals surface area contributed by atoms with Crippen molar-refractivity contribution in [2.45, 2.75) is 25.7 Å². The number of carbonyl (C=O) groups is 1. The van der Waals surface area contributed by atoms with E-state index in [0.717, 1.165) is 25.7 Å². The van der Waals surface area contributed by atoms with Crippen molar-refractivity contribution in [2.24, 2.45) is 0 Å². The van der Waals surface area contributed by atoms with Crippen LogP contribution in [0.5, 0.6) is 0 Å². The van der Waals surface area contributed by atoms with E-state index in [-0.39, 0.29) is 5.48 Å². The highest BCUT2D eigenvalue weighted by atomic mass is 16.1. The van der Waals surface area contributed by atoms with Gasteiger partial charge < -0.3 is 15.6 Å². The molecule has 0 saturated carbocycles. The van der Waals surface area contributed by atoms with Crippen molar-refractivity contribution < 1.29 is 10.3 Å². The first-order chi connectivity index (χ1) is 5.41. The molecule has 0 radical (unpaired) electrons. The molecule has 0 bridgehead atoms. The van der Waals surface area contributed by atoms with E-state index in [4.69, 9.17) is 0 Å². The van der Waals surface area contributed by atoms with Crippen LogP contribution in [-0.4, -0.2) is 25.4 Å². The van der Waals surface area contributed by atoms with Gasteiger partial charge in [0, 0.05) is 6.42 Å². The molecule has 0 aliphatic carbocycles. The van der Waals surface area contributed by atoms with Crippen LogP contribution in [-0.2, 0) is 4.79 Å². The molecular weight excluding hydrogens is 154 g/mol. The molecule has 0 heterocycles. The van der Waals surface area contributed by atoms with Crippen molar-refractivity contribution in [3.05, 3.63) is 13.2 Å². The van der Waals surface area contributed by atoms with Crippen LogP contribution in [0.4, 0.5) is 0 Å². The number of rotatable bonds is 6. The summed E-state index contributed by atoms with van der Waals surface area (Å²) in [7, 11) is 1.94. The SMILES string of the molecule is C=C.CNCCCCCC=O.O. The average Bonchev–Trinajstić information content (AvgIpc) is 2.08. The number of aldehydes is 1. The van der Waals surface area contributed by atoms with E-state index in [1.807, 2.05) is 7.05 Å². The van der Waals surface area contributed by atoms with Gasteiger partial charge in [-0.05, 0) is 26.4 Å². The Kier molecular flexibility index (Phi) is 32.6. The summed E-state index contributed by atoms with van der Waals surface area (Å²) in [6.07, 6.45) is 5.11. The van der Waals surface area contributed by atoms with Crippen LogP contribution in [0.2, 0.25) is 0 Å². The third-order valence-electron chi connectivity index (χ3n) is 1.25. The molecule has 0 spiro atoms. The van der Waals surface area contributed by atoms with Crippen LogP contribution in [0.1, 0.15) is 25.7 Å². The van der Waals surface area contributed by atoms with E-state index in [0.29, 0.717) is 0 Å². The Bertz CT molecular complexity index is 76.9. The van der Waals surface area contributed by atoms with Crippen LogP contribution < -0.4 is 5.32 Å². The summed E-state index contributed by atoms with van der Waals surface area (Å²) in [4.78, 5) is 9.82. The van der Waals surface area contributed by atoms with E-state index in [1.54, 1.807) is 0 Å². The molecular formula is C9H21NO2. The second-order valence-electron chi connectivity index (χ2n) is 2.12. The second kappa shape index (κ2) is 22.4. The monoisotopic (exact) mass is 175 g/mol. The summed E-state index contributed by atoms with van der Waals surface area (Å²) in [6.45, 7) is 7.07. The zero-order valence-electron chi connectivity index (χ0n) is 7.94. The number of nitrogens with one attached hydrogen (secondary N) is 1. The number of hydrogen-bond donors (Lipinski definition) is 1. The fourth-order valence-corrected chi connectivity index (χ4v) is 0.706. The third-order valence-corrected chi connectivity index (χ3v) is 1.25. The van der Waals surface area contributed by atoms with Gasteiger partial charge in [-0.15, -0.1) is 13.2 Å². The number of unbranched alkanes of at least 4 members (excludes halogenated alkanes) is 3. The summed E-state index contributed by atoms with van der Waals surface area (Å²) < 4.78 is 0. The van der Waals surface area contributed by atoms with Crippen LogP contribution in [0.25, 0.3) is 0 Å². The zero-order chi connectivity index (χ0) is 8.95. The van der Waals surface area contributed by atoms with Gasteiger partial charge in [0.15, 0.2) is 0 Å². The van der Waals surface area contributed by atoms with Gasteiger partial charge in [-0.1, -0.05) is 6.42 Å². The molecule has 0 aromatic carbocycles. The van der Waals surface area contributed by atoms with E-state index in [2.05, 4.69) is 18.5 Å². The van der Waals surface area contributed by atoms with Crippen LogP contribution in [0, 0.1) is 0 Å². The van der Waals surface area contributed by atoms with Gasteiger partial charge >= 0.3 is 0 Å². The molecule has 0 unspecified atom stereocenters. The molecule has 0 aromatic heterocycles.